The number of halogens is 1. The molecule has 0 aromatic heterocycles. The standard InChI is InChI=1S/C10H12BrNO4/c1-2-8(13)6-16-10-5-7(12(14)15)3-4-9(10)11/h3-5,8,13H,2,6H2,1H3. The van der Waals surface area contributed by atoms with E-state index >= 15 is 0 Å². The van der Waals surface area contributed by atoms with Gasteiger partial charge in [0.2, 0.25) is 0 Å². The van der Waals surface area contributed by atoms with Crippen LogP contribution in [0.2, 0.25) is 0 Å². The Morgan fingerprint density at radius 1 is 1.62 bits per heavy atom. The lowest BCUT2D eigenvalue weighted by molar-refractivity contribution is -0.385. The first kappa shape index (κ1) is 12.9. The van der Waals surface area contributed by atoms with Crippen LogP contribution in [0.15, 0.2) is 22.7 Å². The first-order valence-electron chi connectivity index (χ1n) is 4.79. The molecule has 0 saturated heterocycles. The average Bonchev–Trinajstić information content (AvgIpc) is 2.27. The SMILES string of the molecule is CCC(O)COc1cc([N+](=O)[O-])ccc1Br. The van der Waals surface area contributed by atoms with Crippen LogP contribution in [0.3, 0.4) is 0 Å². The molecule has 0 spiro atoms. The zero-order valence-electron chi connectivity index (χ0n) is 8.72. The number of aliphatic hydroxyl groups is 1. The zero-order chi connectivity index (χ0) is 12.1. The third-order valence-electron chi connectivity index (χ3n) is 2.03. The predicted molar refractivity (Wildman–Crippen MR) is 62.6 cm³/mol. The Bertz CT molecular complexity index is 383. The summed E-state index contributed by atoms with van der Waals surface area (Å²) < 4.78 is 5.91. The summed E-state index contributed by atoms with van der Waals surface area (Å²) in [5.74, 6) is 0.363. The molecule has 0 aliphatic rings. The van der Waals surface area contributed by atoms with Crippen LogP contribution in [0.25, 0.3) is 0 Å². The number of non-ortho nitro benzene ring substituents is 1. The van der Waals surface area contributed by atoms with E-state index in [0.717, 1.165) is 0 Å². The Hall–Kier alpha value is -1.14. The van der Waals surface area contributed by atoms with E-state index in [2.05, 4.69) is 15.9 Å². The molecular formula is C10H12BrNO4. The van der Waals surface area contributed by atoms with Gasteiger partial charge in [-0.2, -0.15) is 0 Å². The Kier molecular flexibility index (Phi) is 4.70. The van der Waals surface area contributed by atoms with Crippen molar-refractivity contribution in [3.05, 3.63) is 32.8 Å². The molecule has 1 rings (SSSR count). The lowest BCUT2D eigenvalue weighted by Gasteiger charge is -2.11. The molecule has 0 amide bonds. The van der Waals surface area contributed by atoms with Crippen LogP contribution in [0.4, 0.5) is 5.69 Å². The fraction of sp³-hybridized carbons (Fsp3) is 0.400. The normalized spacial score (nSPS) is 12.2. The van der Waals surface area contributed by atoms with Gasteiger partial charge in [0.25, 0.3) is 5.69 Å². The minimum Gasteiger partial charge on any atom is -0.489 e. The monoisotopic (exact) mass is 289 g/mol. The summed E-state index contributed by atoms with van der Waals surface area (Å²) in [6.45, 7) is 1.95. The molecule has 1 unspecified atom stereocenters. The fourth-order valence-corrected chi connectivity index (χ4v) is 1.38. The van der Waals surface area contributed by atoms with Gasteiger partial charge in [-0.05, 0) is 28.4 Å². The van der Waals surface area contributed by atoms with Gasteiger partial charge in [-0.25, -0.2) is 0 Å². The van der Waals surface area contributed by atoms with Gasteiger partial charge < -0.3 is 9.84 Å². The Morgan fingerprint density at radius 2 is 2.31 bits per heavy atom. The van der Waals surface area contributed by atoms with E-state index < -0.39 is 11.0 Å². The molecule has 0 fully saturated rings. The maximum Gasteiger partial charge on any atom is 0.273 e. The molecule has 1 aromatic carbocycles. The summed E-state index contributed by atoms with van der Waals surface area (Å²) in [7, 11) is 0. The van der Waals surface area contributed by atoms with Gasteiger partial charge in [-0.1, -0.05) is 6.92 Å². The molecule has 0 radical (unpaired) electrons. The minimum absolute atomic E-state index is 0.0378. The first-order chi connectivity index (χ1) is 7.54. The van der Waals surface area contributed by atoms with Crippen molar-refractivity contribution in [3.8, 4) is 5.75 Å². The molecule has 0 aliphatic carbocycles. The molecule has 0 saturated carbocycles. The van der Waals surface area contributed by atoms with E-state index in [-0.39, 0.29) is 12.3 Å². The second-order valence-corrected chi connectivity index (χ2v) is 4.10. The largest absolute Gasteiger partial charge is 0.489 e. The quantitative estimate of drug-likeness (QED) is 0.668. The van der Waals surface area contributed by atoms with E-state index in [1.165, 1.54) is 12.1 Å². The lowest BCUT2D eigenvalue weighted by atomic mass is 10.3. The van der Waals surface area contributed by atoms with Gasteiger partial charge in [-0.3, -0.25) is 10.1 Å². The minimum atomic E-state index is -0.564. The molecule has 88 valence electrons. The van der Waals surface area contributed by atoms with Crippen molar-refractivity contribution in [1.82, 2.24) is 0 Å². The third kappa shape index (κ3) is 3.46. The molecule has 0 aliphatic heterocycles. The first-order valence-corrected chi connectivity index (χ1v) is 5.58. The van der Waals surface area contributed by atoms with Crippen LogP contribution in [0.5, 0.6) is 5.75 Å². The molecule has 16 heavy (non-hydrogen) atoms. The van der Waals surface area contributed by atoms with Crippen molar-refractivity contribution in [1.29, 1.82) is 0 Å². The second kappa shape index (κ2) is 5.81. The highest BCUT2D eigenvalue weighted by Gasteiger charge is 2.11. The molecule has 0 heterocycles. The Balaban J connectivity index is 2.78. The molecule has 1 aromatic rings. The van der Waals surface area contributed by atoms with Crippen molar-refractivity contribution in [2.24, 2.45) is 0 Å². The van der Waals surface area contributed by atoms with Crippen LogP contribution in [0, 0.1) is 10.1 Å². The van der Waals surface area contributed by atoms with Crippen LogP contribution in [-0.4, -0.2) is 22.7 Å². The van der Waals surface area contributed by atoms with Gasteiger partial charge in [-0.15, -0.1) is 0 Å². The highest BCUT2D eigenvalue weighted by atomic mass is 79.9. The van der Waals surface area contributed by atoms with E-state index in [0.29, 0.717) is 16.6 Å². The lowest BCUT2D eigenvalue weighted by Crippen LogP contribution is -2.16. The van der Waals surface area contributed by atoms with E-state index in [4.69, 9.17) is 4.74 Å². The van der Waals surface area contributed by atoms with Gasteiger partial charge in [0, 0.05) is 6.07 Å². The van der Waals surface area contributed by atoms with Crippen molar-refractivity contribution in [2.45, 2.75) is 19.4 Å². The molecular weight excluding hydrogens is 278 g/mol. The zero-order valence-corrected chi connectivity index (χ0v) is 10.3. The Labute approximate surface area is 101 Å². The van der Waals surface area contributed by atoms with Crippen LogP contribution in [0.1, 0.15) is 13.3 Å². The third-order valence-corrected chi connectivity index (χ3v) is 2.68. The second-order valence-electron chi connectivity index (χ2n) is 3.24. The number of nitro benzene ring substituents is 1. The number of rotatable bonds is 5. The molecule has 6 heteroatoms. The van der Waals surface area contributed by atoms with Gasteiger partial charge in [0.15, 0.2) is 0 Å². The van der Waals surface area contributed by atoms with Crippen molar-refractivity contribution < 1.29 is 14.8 Å². The molecule has 5 nitrogen and oxygen atoms in total. The van der Waals surface area contributed by atoms with Crippen LogP contribution >= 0.6 is 15.9 Å². The van der Waals surface area contributed by atoms with Crippen LogP contribution < -0.4 is 4.74 Å². The topological polar surface area (TPSA) is 72.6 Å². The van der Waals surface area contributed by atoms with Gasteiger partial charge in [0.1, 0.15) is 12.4 Å². The van der Waals surface area contributed by atoms with E-state index in [9.17, 15) is 15.2 Å². The van der Waals surface area contributed by atoms with Crippen molar-refractivity contribution >= 4 is 21.6 Å². The predicted octanol–water partition coefficient (Wildman–Crippen LogP) is 2.51. The van der Waals surface area contributed by atoms with Crippen LogP contribution in [-0.2, 0) is 0 Å². The number of benzene rings is 1. The smallest absolute Gasteiger partial charge is 0.273 e. The number of hydrogen-bond donors (Lipinski definition) is 1. The summed E-state index contributed by atoms with van der Waals surface area (Å²) in [6, 6.07) is 4.26. The number of ether oxygens (including phenoxy) is 1. The number of aliphatic hydroxyl groups excluding tert-OH is 1. The summed E-state index contributed by atoms with van der Waals surface area (Å²) in [5.41, 5.74) is -0.0378. The number of hydrogen-bond acceptors (Lipinski definition) is 4. The highest BCUT2D eigenvalue weighted by Crippen LogP contribution is 2.29. The molecule has 0 bridgehead atoms. The summed E-state index contributed by atoms with van der Waals surface area (Å²) in [6.07, 6.45) is 0.0122. The van der Waals surface area contributed by atoms with E-state index in [1.54, 1.807) is 6.07 Å². The molecule has 1 N–H and O–H groups in total. The van der Waals surface area contributed by atoms with Crippen molar-refractivity contribution in [2.75, 3.05) is 6.61 Å². The summed E-state index contributed by atoms with van der Waals surface area (Å²) in [4.78, 5) is 10.1. The van der Waals surface area contributed by atoms with Gasteiger partial charge >= 0.3 is 0 Å². The highest BCUT2D eigenvalue weighted by molar-refractivity contribution is 9.10. The Morgan fingerprint density at radius 3 is 2.88 bits per heavy atom. The molecule has 1 atom stereocenters. The summed E-state index contributed by atoms with van der Waals surface area (Å²) >= 11 is 3.22. The van der Waals surface area contributed by atoms with E-state index in [1.807, 2.05) is 6.92 Å². The van der Waals surface area contributed by atoms with Gasteiger partial charge in [0.05, 0.1) is 21.6 Å². The average molecular weight is 290 g/mol. The maximum absolute atomic E-state index is 10.5. The summed E-state index contributed by atoms with van der Waals surface area (Å²) in [5, 5.41) is 19.9. The maximum atomic E-state index is 10.5. The van der Waals surface area contributed by atoms with Crippen molar-refractivity contribution in [3.63, 3.8) is 0 Å². The number of nitrogens with zero attached hydrogens (tertiary/aromatic N) is 1. The fourth-order valence-electron chi connectivity index (χ4n) is 1.02. The number of nitro groups is 1.